The number of ether oxygens (including phenoxy) is 4. The van der Waals surface area contributed by atoms with Gasteiger partial charge in [0.15, 0.2) is 0 Å². The Hall–Kier alpha value is -5.81. The third kappa shape index (κ3) is 4.00. The molecule has 0 unspecified atom stereocenters. The predicted octanol–water partition coefficient (Wildman–Crippen LogP) is 6.59. The Labute approximate surface area is 291 Å². The van der Waals surface area contributed by atoms with Crippen LogP contribution in [0.2, 0.25) is 0 Å². The van der Waals surface area contributed by atoms with E-state index in [-0.39, 0.29) is 63.7 Å². The number of ketones is 1. The fraction of sp³-hybridized carbons (Fsp3) is 0.275. The Morgan fingerprint density at radius 1 is 0.804 bits per heavy atom. The van der Waals surface area contributed by atoms with Crippen molar-refractivity contribution in [3.8, 4) is 51.7 Å². The van der Waals surface area contributed by atoms with Gasteiger partial charge in [0.2, 0.25) is 11.4 Å². The van der Waals surface area contributed by atoms with E-state index in [0.717, 1.165) is 16.7 Å². The van der Waals surface area contributed by atoms with Crippen molar-refractivity contribution in [2.24, 2.45) is 5.92 Å². The number of phenols is 5. The van der Waals surface area contributed by atoms with Crippen LogP contribution in [0, 0.1) is 5.92 Å². The van der Waals surface area contributed by atoms with Gasteiger partial charge < -0.3 is 49.6 Å². The van der Waals surface area contributed by atoms with Crippen molar-refractivity contribution in [3.63, 3.8) is 0 Å². The van der Waals surface area contributed by atoms with Crippen molar-refractivity contribution >= 4 is 5.78 Å². The third-order valence-corrected chi connectivity index (χ3v) is 11.0. The number of allylic oxidation sites excluding steroid dienone is 3. The molecule has 5 aliphatic rings. The number of carbonyl (C=O) groups is 1. The maximum absolute atomic E-state index is 14.6. The minimum absolute atomic E-state index is 0.00101. The average molecular weight is 691 g/mol. The second-order valence-electron chi connectivity index (χ2n) is 14.4. The van der Waals surface area contributed by atoms with Crippen molar-refractivity contribution in [2.75, 3.05) is 0 Å². The summed E-state index contributed by atoms with van der Waals surface area (Å²) < 4.78 is 26.5. The van der Waals surface area contributed by atoms with Crippen LogP contribution in [0.3, 0.4) is 0 Å². The smallest absolute Gasteiger partial charge is 0.318 e. The molecule has 0 saturated carbocycles. The maximum Gasteiger partial charge on any atom is 0.318 e. The molecule has 6 atom stereocenters. The molecule has 6 N–H and O–H groups in total. The van der Waals surface area contributed by atoms with Gasteiger partial charge in [-0.25, -0.2) is 0 Å². The summed E-state index contributed by atoms with van der Waals surface area (Å²) in [6.07, 6.45) is 4.42. The first kappa shape index (κ1) is 31.2. The van der Waals surface area contributed by atoms with Gasteiger partial charge in [0.05, 0.1) is 11.5 Å². The summed E-state index contributed by atoms with van der Waals surface area (Å²) in [6.45, 7) is 5.73. The number of fused-ring (bicyclic) bond motifs is 9. The quantitative estimate of drug-likeness (QED) is 0.128. The van der Waals surface area contributed by atoms with E-state index >= 15 is 0 Å². The number of benzene rings is 4. The Morgan fingerprint density at radius 2 is 1.47 bits per heavy atom. The maximum atomic E-state index is 14.6. The number of phenolic OH excluding ortho intramolecular Hbond substituents is 5. The highest BCUT2D eigenvalue weighted by molar-refractivity contribution is 6.09. The summed E-state index contributed by atoms with van der Waals surface area (Å²) in [7, 11) is 0. The molecule has 0 spiro atoms. The molecular formula is C40H34O11. The van der Waals surface area contributed by atoms with Crippen LogP contribution in [-0.2, 0) is 11.4 Å². The molecule has 260 valence electrons. The van der Waals surface area contributed by atoms with Crippen molar-refractivity contribution in [3.05, 3.63) is 112 Å². The van der Waals surface area contributed by atoms with Crippen LogP contribution in [0.4, 0.5) is 0 Å². The summed E-state index contributed by atoms with van der Waals surface area (Å²) in [4.78, 5) is 14.6. The van der Waals surface area contributed by atoms with Gasteiger partial charge in [0, 0.05) is 53.6 Å². The van der Waals surface area contributed by atoms with Crippen molar-refractivity contribution < 1.29 is 54.4 Å². The van der Waals surface area contributed by atoms with Crippen molar-refractivity contribution in [1.82, 2.24) is 0 Å². The van der Waals surface area contributed by atoms with Crippen LogP contribution < -0.4 is 18.9 Å². The molecule has 4 heterocycles. The molecule has 4 aromatic carbocycles. The zero-order chi connectivity index (χ0) is 35.8. The second-order valence-corrected chi connectivity index (χ2v) is 14.4. The largest absolute Gasteiger partial charge is 0.508 e. The number of aliphatic hydroxyl groups is 1. The topological polar surface area (TPSA) is 175 Å². The minimum Gasteiger partial charge on any atom is -0.508 e. The van der Waals surface area contributed by atoms with Gasteiger partial charge in [-0.15, -0.1) is 0 Å². The van der Waals surface area contributed by atoms with E-state index < -0.39 is 40.5 Å². The number of Topliss-reactive ketones (excluding diaryl/α,β-unsaturated/α-hetero) is 1. The molecule has 4 aliphatic heterocycles. The fourth-order valence-corrected chi connectivity index (χ4v) is 8.83. The molecule has 0 bridgehead atoms. The van der Waals surface area contributed by atoms with E-state index in [4.69, 9.17) is 18.9 Å². The predicted molar refractivity (Wildman–Crippen MR) is 181 cm³/mol. The molecule has 0 fully saturated rings. The molecule has 1 aliphatic carbocycles. The zero-order valence-corrected chi connectivity index (χ0v) is 27.8. The number of hydrogen-bond donors (Lipinski definition) is 6. The second kappa shape index (κ2) is 10.1. The number of rotatable bonds is 3. The van der Waals surface area contributed by atoms with E-state index in [2.05, 4.69) is 0 Å². The van der Waals surface area contributed by atoms with Crippen LogP contribution in [0.25, 0.3) is 0 Å². The van der Waals surface area contributed by atoms with E-state index in [1.54, 1.807) is 18.2 Å². The first-order valence-electron chi connectivity index (χ1n) is 16.7. The highest BCUT2D eigenvalue weighted by Crippen LogP contribution is 2.68. The fourth-order valence-electron chi connectivity index (χ4n) is 8.83. The molecule has 4 aromatic rings. The lowest BCUT2D eigenvalue weighted by Gasteiger charge is -2.55. The molecule has 0 aromatic heterocycles. The van der Waals surface area contributed by atoms with Crippen LogP contribution >= 0.6 is 0 Å². The standard InChI is InChI=1S/C40H34O11/c1-18(2)10-11-38-27-9-6-22(43)16-31(27)50-40(38,47)37(46)34-29(45)17-32-33(36(34)51-38)25-13-19(3)12-24-23-7-4-21(42)15-30(23)48-39(49-32,35(24)25)26-8-5-20(41)14-28(26)44/h4-10,13-17,24-25,35,41-45,47H,11-12H2,1-3H3/t24-,25-,35-,38-,39+,40-/m1/s1. The van der Waals surface area contributed by atoms with Crippen LogP contribution in [-0.4, -0.2) is 42.2 Å². The average Bonchev–Trinajstić information content (AvgIpc) is 3.30. The van der Waals surface area contributed by atoms with Crippen molar-refractivity contribution in [2.45, 2.75) is 62.6 Å². The first-order valence-corrected chi connectivity index (χ1v) is 16.7. The highest BCUT2D eigenvalue weighted by Gasteiger charge is 2.71. The molecule has 11 heteroatoms. The molecule has 0 amide bonds. The Morgan fingerprint density at radius 3 is 2.20 bits per heavy atom. The van der Waals surface area contributed by atoms with E-state index in [9.17, 15) is 35.4 Å². The Balaban J connectivity index is 1.33. The van der Waals surface area contributed by atoms with Gasteiger partial charge in [-0.3, -0.25) is 4.79 Å². The Bertz CT molecular complexity index is 2290. The summed E-state index contributed by atoms with van der Waals surface area (Å²) in [6, 6.07) is 14.5. The van der Waals surface area contributed by atoms with Gasteiger partial charge in [-0.2, -0.15) is 0 Å². The summed E-state index contributed by atoms with van der Waals surface area (Å²) in [5, 5.41) is 66.3. The van der Waals surface area contributed by atoms with E-state index in [0.29, 0.717) is 23.3 Å². The monoisotopic (exact) mass is 690 g/mol. The number of carbonyl (C=O) groups excluding carboxylic acids is 1. The molecule has 0 radical (unpaired) electrons. The first-order chi connectivity index (χ1) is 24.3. The lowest BCUT2D eigenvalue weighted by Crippen LogP contribution is -2.63. The van der Waals surface area contributed by atoms with Gasteiger partial charge in [-0.1, -0.05) is 29.4 Å². The van der Waals surface area contributed by atoms with E-state index in [1.165, 1.54) is 42.5 Å². The van der Waals surface area contributed by atoms with E-state index in [1.807, 2.05) is 32.9 Å². The zero-order valence-electron chi connectivity index (χ0n) is 27.8. The van der Waals surface area contributed by atoms with Crippen LogP contribution in [0.5, 0.6) is 51.7 Å². The van der Waals surface area contributed by atoms with Crippen LogP contribution in [0.1, 0.15) is 78.1 Å². The van der Waals surface area contributed by atoms with Gasteiger partial charge in [0.1, 0.15) is 57.3 Å². The highest BCUT2D eigenvalue weighted by atomic mass is 16.7. The molecule has 0 saturated heterocycles. The SMILES string of the molecule is CC(C)=CC[C@]12Oc3c(c(O)cc4c3[C@H]3C=C(C)C[C@@H]5c6ccc(O)cc6O[C@@](c6ccc(O)cc6O)(O4)[C@@H]35)C(=O)[C@@]1(O)Oc1cc(O)ccc12. The van der Waals surface area contributed by atoms with Crippen molar-refractivity contribution in [1.29, 1.82) is 0 Å². The summed E-state index contributed by atoms with van der Waals surface area (Å²) in [5.41, 5.74) is 1.53. The Kier molecular flexibility index (Phi) is 6.20. The number of aromatic hydroxyl groups is 5. The molecular weight excluding hydrogens is 656 g/mol. The van der Waals surface area contributed by atoms with Crippen LogP contribution in [0.15, 0.2) is 84.0 Å². The summed E-state index contributed by atoms with van der Waals surface area (Å²) >= 11 is 0. The lowest BCUT2D eigenvalue weighted by molar-refractivity contribution is -0.207. The minimum atomic E-state index is -2.61. The van der Waals surface area contributed by atoms with Gasteiger partial charge in [-0.05, 0) is 63.1 Å². The van der Waals surface area contributed by atoms with Gasteiger partial charge in [0.25, 0.3) is 5.79 Å². The number of hydrogen-bond acceptors (Lipinski definition) is 11. The third-order valence-electron chi connectivity index (χ3n) is 11.0. The lowest BCUT2D eigenvalue weighted by atomic mass is 9.60. The summed E-state index contributed by atoms with van der Waals surface area (Å²) in [5.74, 6) is -7.53. The van der Waals surface area contributed by atoms with Gasteiger partial charge >= 0.3 is 5.79 Å². The normalized spacial score (nSPS) is 28.8. The molecule has 9 rings (SSSR count). The molecule has 51 heavy (non-hydrogen) atoms. The molecule has 11 nitrogen and oxygen atoms in total.